The number of benzene rings is 2. The van der Waals surface area contributed by atoms with Crippen LogP contribution in [-0.2, 0) is 14.8 Å². The van der Waals surface area contributed by atoms with Crippen molar-refractivity contribution >= 4 is 21.6 Å². The van der Waals surface area contributed by atoms with Crippen molar-refractivity contribution in [2.24, 2.45) is 5.92 Å². The number of carbonyl (C=O) groups excluding carboxylic acids is 1. The van der Waals surface area contributed by atoms with Gasteiger partial charge in [-0.15, -0.1) is 0 Å². The van der Waals surface area contributed by atoms with E-state index in [0.717, 1.165) is 11.8 Å². The van der Waals surface area contributed by atoms with Crippen molar-refractivity contribution in [3.8, 4) is 0 Å². The van der Waals surface area contributed by atoms with Crippen LogP contribution < -0.4 is 14.9 Å². The molecule has 8 heteroatoms. The molecule has 0 aliphatic carbocycles. The molecule has 1 atom stereocenters. The number of para-hydroxylation sites is 1. The Morgan fingerprint density at radius 3 is 2.29 bits per heavy atom. The molecule has 0 aliphatic rings. The maximum atomic E-state index is 13.9. The molecule has 0 radical (unpaired) electrons. The summed E-state index contributed by atoms with van der Waals surface area (Å²) in [6.07, 6.45) is 0. The predicted molar refractivity (Wildman–Crippen MR) is 108 cm³/mol. The van der Waals surface area contributed by atoms with E-state index < -0.39 is 32.7 Å². The Kier molecular flexibility index (Phi) is 7.53. The molecule has 152 valence electrons. The fourth-order valence-electron chi connectivity index (χ4n) is 2.65. The minimum absolute atomic E-state index is 0.312. The number of carbonyl (C=O) groups is 1. The number of sulfonamides is 1. The monoisotopic (exact) mass is 407 g/mol. The van der Waals surface area contributed by atoms with E-state index in [1.165, 1.54) is 18.2 Å². The van der Waals surface area contributed by atoms with E-state index in [1.807, 2.05) is 42.3 Å². The quantitative estimate of drug-likeness (QED) is 0.669. The summed E-state index contributed by atoms with van der Waals surface area (Å²) in [6, 6.07) is 13.8. The van der Waals surface area contributed by atoms with E-state index in [-0.39, 0.29) is 5.92 Å². The molecule has 0 aliphatic heterocycles. The van der Waals surface area contributed by atoms with E-state index in [2.05, 4.69) is 10.0 Å². The fraction of sp³-hybridized carbons (Fsp3) is 0.350. The lowest BCUT2D eigenvalue weighted by molar-refractivity contribution is -0.123. The third-order valence-corrected chi connectivity index (χ3v) is 5.78. The van der Waals surface area contributed by atoms with Crippen LogP contribution in [0.5, 0.6) is 0 Å². The SMILES string of the molecule is CC(C)C(NS(=O)(=O)c1ccccc1F)C(=O)NCCN(C)c1ccccc1. The van der Waals surface area contributed by atoms with Gasteiger partial charge >= 0.3 is 0 Å². The van der Waals surface area contributed by atoms with Gasteiger partial charge in [0.25, 0.3) is 0 Å². The number of nitrogens with one attached hydrogen (secondary N) is 2. The van der Waals surface area contributed by atoms with Crippen LogP contribution in [0.4, 0.5) is 10.1 Å². The van der Waals surface area contributed by atoms with Gasteiger partial charge < -0.3 is 10.2 Å². The first-order valence-corrected chi connectivity index (χ1v) is 10.5. The molecule has 0 aromatic heterocycles. The Hall–Kier alpha value is -2.45. The molecule has 28 heavy (non-hydrogen) atoms. The molecule has 6 nitrogen and oxygen atoms in total. The van der Waals surface area contributed by atoms with Gasteiger partial charge in [0.1, 0.15) is 16.8 Å². The van der Waals surface area contributed by atoms with E-state index in [1.54, 1.807) is 13.8 Å². The van der Waals surface area contributed by atoms with Gasteiger partial charge in [0.2, 0.25) is 15.9 Å². The zero-order chi connectivity index (χ0) is 20.7. The first kappa shape index (κ1) is 21.8. The Morgan fingerprint density at radius 2 is 1.68 bits per heavy atom. The van der Waals surface area contributed by atoms with E-state index in [0.29, 0.717) is 13.1 Å². The summed E-state index contributed by atoms with van der Waals surface area (Å²) >= 11 is 0. The molecule has 2 aromatic carbocycles. The van der Waals surface area contributed by atoms with Crippen molar-refractivity contribution in [2.75, 3.05) is 25.0 Å². The second-order valence-electron chi connectivity index (χ2n) is 6.82. The summed E-state index contributed by atoms with van der Waals surface area (Å²) in [5.74, 6) is -1.62. The van der Waals surface area contributed by atoms with E-state index in [9.17, 15) is 17.6 Å². The highest BCUT2D eigenvalue weighted by atomic mass is 32.2. The van der Waals surface area contributed by atoms with Crippen molar-refractivity contribution in [3.05, 3.63) is 60.4 Å². The van der Waals surface area contributed by atoms with Gasteiger partial charge in [0.05, 0.1) is 0 Å². The number of halogens is 1. The molecular formula is C20H26FN3O3S. The lowest BCUT2D eigenvalue weighted by Gasteiger charge is -2.23. The summed E-state index contributed by atoms with van der Waals surface area (Å²) in [4.78, 5) is 14.1. The largest absolute Gasteiger partial charge is 0.373 e. The van der Waals surface area contributed by atoms with Crippen LogP contribution >= 0.6 is 0 Å². The van der Waals surface area contributed by atoms with Gasteiger partial charge in [0.15, 0.2) is 0 Å². The number of likely N-dealkylation sites (N-methyl/N-ethyl adjacent to an activating group) is 1. The van der Waals surface area contributed by atoms with Gasteiger partial charge in [-0.25, -0.2) is 12.8 Å². The highest BCUT2D eigenvalue weighted by Crippen LogP contribution is 2.15. The Morgan fingerprint density at radius 1 is 1.07 bits per heavy atom. The normalized spacial score (nSPS) is 12.6. The van der Waals surface area contributed by atoms with Crippen LogP contribution in [0.15, 0.2) is 59.5 Å². The Bertz CT molecular complexity index is 889. The van der Waals surface area contributed by atoms with Gasteiger partial charge in [-0.3, -0.25) is 4.79 Å². The summed E-state index contributed by atoms with van der Waals surface area (Å²) in [5.41, 5.74) is 1.01. The molecule has 0 saturated carbocycles. The summed E-state index contributed by atoms with van der Waals surface area (Å²) < 4.78 is 41.2. The molecule has 2 N–H and O–H groups in total. The van der Waals surface area contributed by atoms with Gasteiger partial charge in [-0.1, -0.05) is 44.2 Å². The molecule has 0 fully saturated rings. The third-order valence-electron chi connectivity index (χ3n) is 4.30. The summed E-state index contributed by atoms with van der Waals surface area (Å²) in [5, 5.41) is 2.75. The predicted octanol–water partition coefficient (Wildman–Crippen LogP) is 2.38. The van der Waals surface area contributed by atoms with Gasteiger partial charge in [-0.05, 0) is 30.2 Å². The number of hydrogen-bond donors (Lipinski definition) is 2. The molecule has 1 amide bonds. The lowest BCUT2D eigenvalue weighted by atomic mass is 10.1. The lowest BCUT2D eigenvalue weighted by Crippen LogP contribution is -2.50. The van der Waals surface area contributed by atoms with Gasteiger partial charge in [-0.2, -0.15) is 4.72 Å². The van der Waals surface area contributed by atoms with Crippen molar-refractivity contribution in [1.82, 2.24) is 10.0 Å². The van der Waals surface area contributed by atoms with Crippen LogP contribution in [0, 0.1) is 11.7 Å². The zero-order valence-electron chi connectivity index (χ0n) is 16.2. The first-order chi connectivity index (χ1) is 13.2. The molecular weight excluding hydrogens is 381 g/mol. The number of nitrogens with zero attached hydrogens (tertiary/aromatic N) is 1. The van der Waals surface area contributed by atoms with Crippen LogP contribution in [0.2, 0.25) is 0 Å². The number of anilines is 1. The van der Waals surface area contributed by atoms with Crippen molar-refractivity contribution < 1.29 is 17.6 Å². The summed E-state index contributed by atoms with van der Waals surface area (Å²) in [7, 11) is -2.26. The maximum absolute atomic E-state index is 13.9. The van der Waals surface area contributed by atoms with Crippen LogP contribution in [0.25, 0.3) is 0 Å². The van der Waals surface area contributed by atoms with E-state index in [4.69, 9.17) is 0 Å². The number of amides is 1. The molecule has 1 unspecified atom stereocenters. The van der Waals surface area contributed by atoms with Crippen LogP contribution in [0.1, 0.15) is 13.8 Å². The second kappa shape index (κ2) is 9.66. The smallest absolute Gasteiger partial charge is 0.244 e. The average Bonchev–Trinajstić information content (AvgIpc) is 2.66. The van der Waals surface area contributed by atoms with Crippen molar-refractivity contribution in [3.63, 3.8) is 0 Å². The molecule has 0 bridgehead atoms. The maximum Gasteiger partial charge on any atom is 0.244 e. The average molecular weight is 408 g/mol. The molecule has 0 saturated heterocycles. The summed E-state index contributed by atoms with van der Waals surface area (Å²) in [6.45, 7) is 4.35. The molecule has 0 heterocycles. The molecule has 2 aromatic rings. The van der Waals surface area contributed by atoms with Crippen molar-refractivity contribution in [2.45, 2.75) is 24.8 Å². The standard InChI is InChI=1S/C20H26FN3O3S/c1-15(2)19(23-28(26,27)18-12-8-7-11-17(18)21)20(25)22-13-14-24(3)16-9-5-4-6-10-16/h4-12,15,19,23H,13-14H2,1-3H3,(H,22,25). The first-order valence-electron chi connectivity index (χ1n) is 9.03. The second-order valence-corrected chi connectivity index (χ2v) is 8.50. The van der Waals surface area contributed by atoms with E-state index >= 15 is 0 Å². The topological polar surface area (TPSA) is 78.5 Å². The Labute approximate surface area is 165 Å². The Balaban J connectivity index is 1.99. The minimum atomic E-state index is -4.16. The number of hydrogen-bond acceptors (Lipinski definition) is 4. The fourth-order valence-corrected chi connectivity index (χ4v) is 4.08. The zero-order valence-corrected chi connectivity index (χ0v) is 17.0. The van der Waals surface area contributed by atoms with Crippen LogP contribution in [0.3, 0.4) is 0 Å². The molecule has 0 spiro atoms. The molecule has 2 rings (SSSR count). The van der Waals surface area contributed by atoms with Crippen molar-refractivity contribution in [1.29, 1.82) is 0 Å². The number of rotatable bonds is 9. The minimum Gasteiger partial charge on any atom is -0.373 e. The highest BCUT2D eigenvalue weighted by molar-refractivity contribution is 7.89. The highest BCUT2D eigenvalue weighted by Gasteiger charge is 2.29. The third kappa shape index (κ3) is 5.77. The van der Waals surface area contributed by atoms with Crippen LogP contribution in [-0.4, -0.2) is 40.5 Å². The van der Waals surface area contributed by atoms with Gasteiger partial charge in [0, 0.05) is 25.8 Å².